The van der Waals surface area contributed by atoms with E-state index in [4.69, 9.17) is 11.6 Å². The van der Waals surface area contributed by atoms with E-state index in [0.717, 1.165) is 0 Å². The minimum Gasteiger partial charge on any atom is -0.288 e. The van der Waals surface area contributed by atoms with Crippen LogP contribution in [0.4, 0.5) is 0 Å². The third-order valence-electron chi connectivity index (χ3n) is 4.60. The van der Waals surface area contributed by atoms with E-state index in [1.165, 1.54) is 10.8 Å². The second-order valence-corrected chi connectivity index (χ2v) is 8.50. The van der Waals surface area contributed by atoms with Gasteiger partial charge in [-0.1, -0.05) is 29.8 Å². The van der Waals surface area contributed by atoms with Gasteiger partial charge < -0.3 is 0 Å². The fourth-order valence-corrected chi connectivity index (χ4v) is 5.23. The summed E-state index contributed by atoms with van der Waals surface area (Å²) in [5.41, 5.74) is 1.14. The highest BCUT2D eigenvalue weighted by molar-refractivity contribution is 7.92. The molecule has 120 valence electrons. The Bertz CT molecular complexity index is 1200. The Balaban J connectivity index is 1.91. The second kappa shape index (κ2) is 4.43. The average molecular weight is 360 g/mol. The van der Waals surface area contributed by atoms with Crippen LogP contribution in [0.3, 0.4) is 0 Å². The molecule has 6 nitrogen and oxygen atoms in total. The molecule has 2 aromatic heterocycles. The summed E-state index contributed by atoms with van der Waals surface area (Å²) in [7, 11) is -3.57. The maximum absolute atomic E-state index is 13.0. The van der Waals surface area contributed by atoms with Gasteiger partial charge >= 0.3 is 0 Å². The Morgan fingerprint density at radius 1 is 1.21 bits per heavy atom. The molecule has 0 spiro atoms. The van der Waals surface area contributed by atoms with Gasteiger partial charge in [0.15, 0.2) is 0 Å². The summed E-state index contributed by atoms with van der Waals surface area (Å²) in [5.74, 6) is 0. The number of fused-ring (bicyclic) bond motifs is 3. The van der Waals surface area contributed by atoms with Crippen LogP contribution < -0.4 is 5.56 Å². The van der Waals surface area contributed by atoms with Crippen molar-refractivity contribution >= 4 is 32.5 Å². The molecule has 5 rings (SSSR count). The number of halogens is 1. The third-order valence-corrected chi connectivity index (χ3v) is 6.94. The summed E-state index contributed by atoms with van der Waals surface area (Å²) in [6.45, 7) is 0. The van der Waals surface area contributed by atoms with E-state index in [1.54, 1.807) is 30.3 Å². The number of sulfone groups is 1. The van der Waals surface area contributed by atoms with E-state index in [2.05, 4.69) is 9.97 Å². The topological polar surface area (TPSA) is 81.9 Å². The molecular formula is C16H10ClN3O3S. The Kier molecular flexibility index (Phi) is 2.61. The van der Waals surface area contributed by atoms with Gasteiger partial charge in [-0.3, -0.25) is 9.36 Å². The third kappa shape index (κ3) is 1.71. The zero-order chi connectivity index (χ0) is 16.6. The number of pyridine rings is 1. The molecule has 1 aromatic carbocycles. The van der Waals surface area contributed by atoms with E-state index in [0.29, 0.717) is 33.6 Å². The van der Waals surface area contributed by atoms with Crippen LogP contribution in [0.25, 0.3) is 22.2 Å². The molecule has 24 heavy (non-hydrogen) atoms. The molecule has 2 unspecified atom stereocenters. The van der Waals surface area contributed by atoms with Gasteiger partial charge in [0.1, 0.15) is 5.65 Å². The predicted octanol–water partition coefficient (Wildman–Crippen LogP) is 2.21. The molecule has 3 aromatic rings. The Morgan fingerprint density at radius 3 is 2.79 bits per heavy atom. The lowest BCUT2D eigenvalue weighted by molar-refractivity contribution is 0.585. The molecule has 0 N–H and O–H groups in total. The van der Waals surface area contributed by atoms with Crippen LogP contribution in [-0.4, -0.2) is 28.2 Å². The maximum atomic E-state index is 13.0. The van der Waals surface area contributed by atoms with Gasteiger partial charge in [-0.2, -0.15) is 4.98 Å². The molecule has 2 aliphatic rings. The van der Waals surface area contributed by atoms with Gasteiger partial charge in [0.05, 0.1) is 11.3 Å². The molecule has 0 saturated heterocycles. The van der Waals surface area contributed by atoms with E-state index < -0.39 is 15.1 Å². The largest absolute Gasteiger partial charge is 0.288 e. The van der Waals surface area contributed by atoms with Crippen LogP contribution in [0.2, 0.25) is 5.02 Å². The molecule has 0 amide bonds. The lowest BCUT2D eigenvalue weighted by Gasteiger charge is -2.11. The van der Waals surface area contributed by atoms with Crippen molar-refractivity contribution in [2.24, 2.45) is 0 Å². The monoisotopic (exact) mass is 359 g/mol. The van der Waals surface area contributed by atoms with Crippen LogP contribution in [0.15, 0.2) is 46.5 Å². The summed E-state index contributed by atoms with van der Waals surface area (Å²) in [5, 5.41) is 0.266. The quantitative estimate of drug-likeness (QED) is 0.622. The number of hydrogen-bond acceptors (Lipinski definition) is 5. The summed E-state index contributed by atoms with van der Waals surface area (Å²) in [6, 6.07) is 8.36. The second-order valence-electron chi connectivity index (χ2n) is 6.03. The fourth-order valence-electron chi connectivity index (χ4n) is 3.32. The lowest BCUT2D eigenvalue weighted by atomic mass is 10.1. The Labute approximate surface area is 141 Å². The van der Waals surface area contributed by atoms with Gasteiger partial charge in [-0.25, -0.2) is 13.4 Å². The summed E-state index contributed by atoms with van der Waals surface area (Å²) < 4.78 is 26.4. The van der Waals surface area contributed by atoms with Crippen LogP contribution in [0, 0.1) is 0 Å². The molecule has 3 heterocycles. The van der Waals surface area contributed by atoms with Crippen LogP contribution in [0.5, 0.6) is 0 Å². The Morgan fingerprint density at radius 2 is 2.00 bits per heavy atom. The van der Waals surface area contributed by atoms with Crippen molar-refractivity contribution in [3.63, 3.8) is 0 Å². The predicted molar refractivity (Wildman–Crippen MR) is 88.9 cm³/mol. The van der Waals surface area contributed by atoms with Crippen LogP contribution >= 0.6 is 11.6 Å². The van der Waals surface area contributed by atoms with Crippen molar-refractivity contribution in [2.75, 3.05) is 0 Å². The number of rotatable bonds is 1. The standard InChI is InChI=1S/C16H10ClN3O3S/c17-11-4-2-1-3-9(11)10-5-8-7-18-16-19-14(8)20(15(10)21)12-6-13(12)24(16,22)23/h1-5,7,12-13H,6H2. The van der Waals surface area contributed by atoms with Crippen molar-refractivity contribution in [2.45, 2.75) is 22.9 Å². The molecule has 8 heteroatoms. The van der Waals surface area contributed by atoms with Gasteiger partial charge in [-0.05, 0) is 18.6 Å². The number of benzene rings is 1. The highest BCUT2D eigenvalue weighted by Gasteiger charge is 2.53. The molecule has 0 radical (unpaired) electrons. The van der Waals surface area contributed by atoms with Gasteiger partial charge in [0.2, 0.25) is 15.0 Å². The minimum absolute atomic E-state index is 0.196. The molecule has 1 aliphatic carbocycles. The SMILES string of the molecule is O=c1c(-c2ccccc2Cl)cc2cnc3nc2n1C1CC1S3(=O)=O. The van der Waals surface area contributed by atoms with E-state index in [-0.39, 0.29) is 16.8 Å². The molecule has 2 bridgehead atoms. The first-order chi connectivity index (χ1) is 11.5. The van der Waals surface area contributed by atoms with Crippen molar-refractivity contribution in [3.05, 3.63) is 51.9 Å². The summed E-state index contributed by atoms with van der Waals surface area (Å²) in [4.78, 5) is 21.2. The first kappa shape index (κ1) is 14.1. The molecule has 1 fully saturated rings. The van der Waals surface area contributed by atoms with Crippen LogP contribution in [0.1, 0.15) is 12.5 Å². The molecule has 1 aliphatic heterocycles. The maximum Gasteiger partial charge on any atom is 0.260 e. The zero-order valence-electron chi connectivity index (χ0n) is 12.2. The lowest BCUT2D eigenvalue weighted by Crippen LogP contribution is -2.22. The van der Waals surface area contributed by atoms with Gasteiger partial charge in [0.25, 0.3) is 5.56 Å². The zero-order valence-corrected chi connectivity index (χ0v) is 13.8. The minimum atomic E-state index is -3.57. The van der Waals surface area contributed by atoms with Gasteiger partial charge in [0, 0.05) is 27.7 Å². The van der Waals surface area contributed by atoms with E-state index in [1.807, 2.05) is 0 Å². The molecular weight excluding hydrogens is 350 g/mol. The molecule has 2 atom stereocenters. The van der Waals surface area contributed by atoms with Crippen molar-refractivity contribution in [1.29, 1.82) is 0 Å². The van der Waals surface area contributed by atoms with Crippen molar-refractivity contribution < 1.29 is 8.42 Å². The van der Waals surface area contributed by atoms with Crippen molar-refractivity contribution in [1.82, 2.24) is 14.5 Å². The smallest absolute Gasteiger partial charge is 0.260 e. The van der Waals surface area contributed by atoms with Crippen LogP contribution in [-0.2, 0) is 9.84 Å². The van der Waals surface area contributed by atoms with Gasteiger partial charge in [-0.15, -0.1) is 0 Å². The normalized spacial score (nSPS) is 23.0. The molecule has 1 saturated carbocycles. The first-order valence-electron chi connectivity index (χ1n) is 7.39. The highest BCUT2D eigenvalue weighted by Crippen LogP contribution is 2.46. The average Bonchev–Trinajstić information content (AvgIpc) is 3.35. The number of nitrogens with zero attached hydrogens (tertiary/aromatic N) is 3. The summed E-state index contributed by atoms with van der Waals surface area (Å²) in [6.07, 6.45) is 1.87. The number of aromatic nitrogens is 3. The highest BCUT2D eigenvalue weighted by atomic mass is 35.5. The fraction of sp³-hybridized carbons (Fsp3) is 0.188. The summed E-state index contributed by atoms with van der Waals surface area (Å²) >= 11 is 6.24. The van der Waals surface area contributed by atoms with E-state index in [9.17, 15) is 13.2 Å². The number of hydrogen-bond donors (Lipinski definition) is 0. The first-order valence-corrected chi connectivity index (χ1v) is 9.32. The van der Waals surface area contributed by atoms with Crippen molar-refractivity contribution in [3.8, 4) is 11.1 Å². The Hall–Kier alpha value is -2.25. The van der Waals surface area contributed by atoms with E-state index >= 15 is 0 Å².